The molecule has 0 aliphatic carbocycles. The molecule has 1 heterocycles. The number of hydrogen-bond acceptors (Lipinski definition) is 5. The summed E-state index contributed by atoms with van der Waals surface area (Å²) in [6.45, 7) is 0. The third-order valence-corrected chi connectivity index (χ3v) is 4.04. The van der Waals surface area contributed by atoms with E-state index in [1.807, 2.05) is 0 Å². The number of benzene rings is 2. The van der Waals surface area contributed by atoms with Gasteiger partial charge < -0.3 is 15.2 Å². The molecule has 3 rings (SSSR count). The number of methoxy groups -OCH3 is 2. The Hall–Kier alpha value is -3.54. The van der Waals surface area contributed by atoms with Crippen molar-refractivity contribution in [2.75, 3.05) is 20.0 Å². The van der Waals surface area contributed by atoms with Gasteiger partial charge in [-0.3, -0.25) is 14.2 Å². The van der Waals surface area contributed by atoms with E-state index in [1.165, 1.54) is 23.8 Å². The van der Waals surface area contributed by atoms with Crippen LogP contribution in [-0.4, -0.2) is 24.6 Å². The number of rotatable bonds is 5. The fraction of sp³-hybridized carbons (Fsp3) is 0.100. The third kappa shape index (κ3) is 3.17. The summed E-state index contributed by atoms with van der Waals surface area (Å²) in [5.41, 5.74) is 7.07. The normalized spacial score (nSPS) is 10.4. The minimum absolute atomic E-state index is 0.0792. The number of ether oxygens (including phenoxy) is 2. The Labute approximate surface area is 150 Å². The molecule has 3 aromatic rings. The Morgan fingerprint density at radius 2 is 1.62 bits per heavy atom. The topological polar surface area (TPSA) is 83.6 Å². The highest BCUT2D eigenvalue weighted by Crippen LogP contribution is 2.22. The average Bonchev–Trinajstić information content (AvgIpc) is 2.68. The van der Waals surface area contributed by atoms with Gasteiger partial charge in [0.25, 0.3) is 5.56 Å². The van der Waals surface area contributed by atoms with Crippen LogP contribution in [0.1, 0.15) is 15.9 Å². The average molecular weight is 350 g/mol. The third-order valence-electron chi connectivity index (χ3n) is 4.04. The second-order valence-corrected chi connectivity index (χ2v) is 5.57. The first-order chi connectivity index (χ1) is 12.5. The molecule has 0 bridgehead atoms. The molecule has 6 nitrogen and oxygen atoms in total. The van der Waals surface area contributed by atoms with Crippen LogP contribution in [0.5, 0.6) is 11.5 Å². The van der Waals surface area contributed by atoms with Gasteiger partial charge in [0, 0.05) is 11.6 Å². The van der Waals surface area contributed by atoms with Gasteiger partial charge in [-0.15, -0.1) is 0 Å². The van der Waals surface area contributed by atoms with E-state index in [4.69, 9.17) is 15.2 Å². The van der Waals surface area contributed by atoms with Gasteiger partial charge in [0.2, 0.25) is 0 Å². The summed E-state index contributed by atoms with van der Waals surface area (Å²) >= 11 is 0. The molecule has 0 radical (unpaired) electrons. The summed E-state index contributed by atoms with van der Waals surface area (Å²) in [4.78, 5) is 25.2. The number of anilines is 1. The van der Waals surface area contributed by atoms with E-state index in [9.17, 15) is 9.59 Å². The fourth-order valence-electron chi connectivity index (χ4n) is 2.66. The zero-order valence-corrected chi connectivity index (χ0v) is 14.4. The second-order valence-electron chi connectivity index (χ2n) is 5.57. The van der Waals surface area contributed by atoms with Crippen LogP contribution in [0, 0.1) is 0 Å². The number of hydrogen-bond donors (Lipinski definition) is 1. The molecule has 0 saturated carbocycles. The Kier molecular flexibility index (Phi) is 4.75. The fourth-order valence-corrected chi connectivity index (χ4v) is 2.66. The van der Waals surface area contributed by atoms with Gasteiger partial charge in [-0.1, -0.05) is 12.1 Å². The molecule has 0 aliphatic rings. The molecule has 1 aromatic heterocycles. The number of nitrogen functional groups attached to an aromatic ring is 1. The molecule has 2 aromatic carbocycles. The number of nitrogens with two attached hydrogens (primary N) is 1. The molecule has 0 unspecified atom stereocenters. The maximum absolute atomic E-state index is 12.9. The second kappa shape index (κ2) is 7.14. The SMILES string of the molecule is COc1ccc(-n2c(N)c(C(=O)c3cccc(OC)c3)ccc2=O)cc1. The van der Waals surface area contributed by atoms with Crippen molar-refractivity contribution in [1.82, 2.24) is 4.57 Å². The molecule has 0 atom stereocenters. The van der Waals surface area contributed by atoms with Crippen molar-refractivity contribution in [2.45, 2.75) is 0 Å². The quantitative estimate of drug-likeness (QED) is 0.715. The number of carbonyl (C=O) groups is 1. The van der Waals surface area contributed by atoms with Crippen molar-refractivity contribution in [1.29, 1.82) is 0 Å². The highest BCUT2D eigenvalue weighted by atomic mass is 16.5. The van der Waals surface area contributed by atoms with Crippen molar-refractivity contribution < 1.29 is 14.3 Å². The van der Waals surface area contributed by atoms with E-state index in [0.717, 1.165) is 0 Å². The Morgan fingerprint density at radius 3 is 2.27 bits per heavy atom. The Balaban J connectivity index is 2.09. The van der Waals surface area contributed by atoms with Crippen LogP contribution in [0.25, 0.3) is 5.69 Å². The van der Waals surface area contributed by atoms with Crippen molar-refractivity contribution >= 4 is 11.6 Å². The first-order valence-corrected chi connectivity index (χ1v) is 7.90. The molecule has 2 N–H and O–H groups in total. The van der Waals surface area contributed by atoms with E-state index in [0.29, 0.717) is 22.7 Å². The van der Waals surface area contributed by atoms with E-state index < -0.39 is 0 Å². The van der Waals surface area contributed by atoms with E-state index in [2.05, 4.69) is 0 Å². The minimum atomic E-state index is -0.324. The minimum Gasteiger partial charge on any atom is -0.497 e. The highest BCUT2D eigenvalue weighted by Gasteiger charge is 2.17. The molecule has 6 heteroatoms. The van der Waals surface area contributed by atoms with Gasteiger partial charge in [0.05, 0.1) is 25.5 Å². The number of carbonyl (C=O) groups excluding carboxylic acids is 1. The van der Waals surface area contributed by atoms with Gasteiger partial charge in [0.1, 0.15) is 17.3 Å². The molecule has 26 heavy (non-hydrogen) atoms. The summed E-state index contributed by atoms with van der Waals surface area (Å²) in [6, 6.07) is 16.4. The van der Waals surface area contributed by atoms with Crippen LogP contribution >= 0.6 is 0 Å². The molecular weight excluding hydrogens is 332 g/mol. The van der Waals surface area contributed by atoms with Gasteiger partial charge in [0.15, 0.2) is 5.78 Å². The number of ketones is 1. The zero-order valence-electron chi connectivity index (χ0n) is 14.4. The predicted octanol–water partition coefficient (Wildman–Crippen LogP) is 2.67. The maximum Gasteiger partial charge on any atom is 0.256 e. The summed E-state index contributed by atoms with van der Waals surface area (Å²) in [5, 5.41) is 0. The standard InChI is InChI=1S/C20H18N2O4/c1-25-15-8-6-14(7-9-15)22-18(23)11-10-17(20(22)21)19(24)13-4-3-5-16(12-13)26-2/h3-12H,21H2,1-2H3. The molecule has 0 saturated heterocycles. The number of aromatic nitrogens is 1. The van der Waals surface area contributed by atoms with Crippen molar-refractivity contribution in [2.24, 2.45) is 0 Å². The molecular formula is C20H18N2O4. The van der Waals surface area contributed by atoms with Crippen molar-refractivity contribution in [3.05, 3.63) is 82.1 Å². The van der Waals surface area contributed by atoms with E-state index in [-0.39, 0.29) is 22.7 Å². The lowest BCUT2D eigenvalue weighted by Crippen LogP contribution is -2.23. The monoisotopic (exact) mass is 350 g/mol. The van der Waals surface area contributed by atoms with Crippen LogP contribution in [0.2, 0.25) is 0 Å². The highest BCUT2D eigenvalue weighted by molar-refractivity contribution is 6.11. The van der Waals surface area contributed by atoms with Crippen LogP contribution in [0.15, 0.2) is 65.5 Å². The van der Waals surface area contributed by atoms with Gasteiger partial charge in [-0.05, 0) is 42.5 Å². The van der Waals surface area contributed by atoms with Gasteiger partial charge in [-0.25, -0.2) is 0 Å². The maximum atomic E-state index is 12.9. The van der Waals surface area contributed by atoms with Crippen LogP contribution in [0.4, 0.5) is 5.82 Å². The Morgan fingerprint density at radius 1 is 0.923 bits per heavy atom. The number of pyridine rings is 1. The lowest BCUT2D eigenvalue weighted by molar-refractivity contribution is 0.103. The lowest BCUT2D eigenvalue weighted by atomic mass is 10.0. The number of nitrogens with zero attached hydrogens (tertiary/aromatic N) is 1. The Bertz CT molecular complexity index is 1010. The first-order valence-electron chi connectivity index (χ1n) is 7.90. The van der Waals surface area contributed by atoms with E-state index in [1.54, 1.807) is 55.6 Å². The largest absolute Gasteiger partial charge is 0.497 e. The summed E-state index contributed by atoms with van der Waals surface area (Å²) < 4.78 is 11.6. The van der Waals surface area contributed by atoms with Crippen molar-refractivity contribution in [3.63, 3.8) is 0 Å². The van der Waals surface area contributed by atoms with Crippen LogP contribution in [-0.2, 0) is 0 Å². The molecule has 0 spiro atoms. The molecule has 0 amide bonds. The molecule has 0 aliphatic heterocycles. The summed E-state index contributed by atoms with van der Waals surface area (Å²) in [5.74, 6) is 1.01. The zero-order chi connectivity index (χ0) is 18.7. The summed E-state index contributed by atoms with van der Waals surface area (Å²) in [6.07, 6.45) is 0. The molecule has 132 valence electrons. The lowest BCUT2D eigenvalue weighted by Gasteiger charge is -2.13. The van der Waals surface area contributed by atoms with Gasteiger partial charge >= 0.3 is 0 Å². The van der Waals surface area contributed by atoms with E-state index >= 15 is 0 Å². The smallest absolute Gasteiger partial charge is 0.256 e. The van der Waals surface area contributed by atoms with Crippen molar-refractivity contribution in [3.8, 4) is 17.2 Å². The first kappa shape index (κ1) is 17.3. The predicted molar refractivity (Wildman–Crippen MR) is 99.4 cm³/mol. The molecule has 0 fully saturated rings. The van der Waals surface area contributed by atoms with Crippen LogP contribution < -0.4 is 20.8 Å². The van der Waals surface area contributed by atoms with Crippen LogP contribution in [0.3, 0.4) is 0 Å². The summed E-state index contributed by atoms with van der Waals surface area (Å²) in [7, 11) is 3.09. The van der Waals surface area contributed by atoms with Gasteiger partial charge in [-0.2, -0.15) is 0 Å².